The normalized spacial score (nSPS) is 19.0. The summed E-state index contributed by atoms with van der Waals surface area (Å²) in [4.78, 5) is 30.5. The largest absolute Gasteiger partial charge is 0.442 e. The van der Waals surface area contributed by atoms with Crippen LogP contribution in [0, 0.1) is 0 Å². The van der Waals surface area contributed by atoms with E-state index >= 15 is 0 Å². The highest BCUT2D eigenvalue weighted by Gasteiger charge is 2.67. The first-order chi connectivity index (χ1) is 14.9. The van der Waals surface area contributed by atoms with Crippen molar-refractivity contribution in [3.05, 3.63) is 83.9 Å². The van der Waals surface area contributed by atoms with Crippen LogP contribution in [-0.2, 0) is 10.2 Å². The van der Waals surface area contributed by atoms with Crippen LogP contribution in [0.5, 0.6) is 0 Å². The summed E-state index contributed by atoms with van der Waals surface area (Å²) in [5.74, 6) is -2.62. The van der Waals surface area contributed by atoms with Crippen molar-refractivity contribution in [2.45, 2.75) is 38.0 Å². The molecule has 0 radical (unpaired) electrons. The molecule has 0 saturated heterocycles. The van der Waals surface area contributed by atoms with Gasteiger partial charge in [0, 0.05) is 17.7 Å². The van der Waals surface area contributed by atoms with Gasteiger partial charge in [-0.05, 0) is 23.1 Å². The van der Waals surface area contributed by atoms with Gasteiger partial charge in [0.1, 0.15) is 5.84 Å². The summed E-state index contributed by atoms with van der Waals surface area (Å²) in [7, 11) is 0. The first kappa shape index (κ1) is 23.2. The van der Waals surface area contributed by atoms with E-state index in [1.807, 2.05) is 26.1 Å². The monoisotopic (exact) mass is 443 g/mol. The molecular formula is C24H24F3N3O2. The molecule has 0 fully saturated rings. The molecule has 1 aliphatic heterocycles. The van der Waals surface area contributed by atoms with Crippen molar-refractivity contribution in [2.75, 3.05) is 6.54 Å². The summed E-state index contributed by atoms with van der Waals surface area (Å²) >= 11 is 0. The molecule has 0 bridgehead atoms. The topological polar surface area (TPSA) is 61.8 Å². The van der Waals surface area contributed by atoms with Gasteiger partial charge in [0.25, 0.3) is 11.8 Å². The van der Waals surface area contributed by atoms with Gasteiger partial charge in [0.2, 0.25) is 0 Å². The van der Waals surface area contributed by atoms with E-state index in [9.17, 15) is 22.8 Å². The minimum absolute atomic E-state index is 0.00643. The highest BCUT2D eigenvalue weighted by molar-refractivity contribution is 6.16. The second-order valence-electron chi connectivity index (χ2n) is 8.50. The van der Waals surface area contributed by atoms with Crippen LogP contribution in [0.3, 0.4) is 0 Å². The average Bonchev–Trinajstić information content (AvgIpc) is 3.01. The summed E-state index contributed by atoms with van der Waals surface area (Å²) in [5, 5.41) is 1.87. The van der Waals surface area contributed by atoms with Crippen molar-refractivity contribution in [3.63, 3.8) is 0 Å². The number of nitrogens with one attached hydrogen (secondary N) is 1. The Hall–Kier alpha value is -3.42. The number of amidine groups is 1. The lowest BCUT2D eigenvalue weighted by molar-refractivity contribution is -0.196. The number of carbonyl (C=O) groups is 2. The highest BCUT2D eigenvalue weighted by atomic mass is 19.4. The Morgan fingerprint density at radius 1 is 1.09 bits per heavy atom. The fourth-order valence-electron chi connectivity index (χ4n) is 3.36. The van der Waals surface area contributed by atoms with Crippen LogP contribution >= 0.6 is 0 Å². The third-order valence-electron chi connectivity index (χ3n) is 5.15. The number of rotatable bonds is 5. The summed E-state index contributed by atoms with van der Waals surface area (Å²) in [6.45, 7) is 9.26. The van der Waals surface area contributed by atoms with Crippen molar-refractivity contribution < 1.29 is 22.8 Å². The molecule has 3 rings (SSSR count). The highest BCUT2D eigenvalue weighted by Crippen LogP contribution is 2.38. The average molecular weight is 443 g/mol. The molecule has 2 amide bonds. The number of halogens is 3. The van der Waals surface area contributed by atoms with Gasteiger partial charge in [-0.1, -0.05) is 69.3 Å². The van der Waals surface area contributed by atoms with Gasteiger partial charge in [-0.2, -0.15) is 13.2 Å². The first-order valence-corrected chi connectivity index (χ1v) is 9.98. The summed E-state index contributed by atoms with van der Waals surface area (Å²) in [6.07, 6.45) is -3.86. The van der Waals surface area contributed by atoms with Crippen molar-refractivity contribution >= 4 is 17.6 Å². The quantitative estimate of drug-likeness (QED) is 0.695. The summed E-state index contributed by atoms with van der Waals surface area (Å²) in [6, 6.07) is 14.2. The molecule has 5 nitrogen and oxygen atoms in total. The zero-order valence-corrected chi connectivity index (χ0v) is 18.0. The maximum atomic E-state index is 14.3. The van der Waals surface area contributed by atoms with Crippen molar-refractivity contribution in [3.8, 4) is 0 Å². The van der Waals surface area contributed by atoms with E-state index in [1.54, 1.807) is 42.5 Å². The van der Waals surface area contributed by atoms with Crippen molar-refractivity contribution in [2.24, 2.45) is 4.99 Å². The Kier molecular flexibility index (Phi) is 6.00. The fraction of sp³-hybridized carbons (Fsp3) is 0.292. The third-order valence-corrected chi connectivity index (χ3v) is 5.15. The molecule has 1 atom stereocenters. The smallest absolute Gasteiger partial charge is 0.312 e. The SMILES string of the molecule is C=CCN1C(=O)[C@](NC(=O)c2ccc(C(C)(C)C)cc2)(C(F)(F)F)N=C1c1ccccc1. The van der Waals surface area contributed by atoms with Crippen LogP contribution in [0.2, 0.25) is 0 Å². The molecular weight excluding hydrogens is 419 g/mol. The minimum Gasteiger partial charge on any atom is -0.312 e. The number of amides is 2. The Labute approximate surface area is 184 Å². The van der Waals surface area contributed by atoms with Gasteiger partial charge in [-0.3, -0.25) is 14.5 Å². The van der Waals surface area contributed by atoms with E-state index in [4.69, 9.17) is 0 Å². The van der Waals surface area contributed by atoms with Gasteiger partial charge >= 0.3 is 11.8 Å². The molecule has 168 valence electrons. The van der Waals surface area contributed by atoms with Crippen LogP contribution in [0.4, 0.5) is 13.2 Å². The number of alkyl halides is 3. The standard InChI is InChI=1S/C24H24F3N3O2/c1-5-15-30-19(16-9-7-6-8-10-16)28-23(21(30)32,24(25,26)27)29-20(31)17-11-13-18(14-12-17)22(2,3)4/h5-14H,1,15H2,2-4H3,(H,29,31)/t23-/m0/s1. The molecule has 0 unspecified atom stereocenters. The molecule has 1 N–H and O–H groups in total. The zero-order valence-electron chi connectivity index (χ0n) is 18.0. The predicted octanol–water partition coefficient (Wildman–Crippen LogP) is 4.45. The van der Waals surface area contributed by atoms with E-state index in [1.165, 1.54) is 18.2 Å². The van der Waals surface area contributed by atoms with Gasteiger partial charge in [-0.25, -0.2) is 4.99 Å². The van der Waals surface area contributed by atoms with Gasteiger partial charge in [-0.15, -0.1) is 6.58 Å². The molecule has 1 heterocycles. The predicted molar refractivity (Wildman–Crippen MR) is 116 cm³/mol. The van der Waals surface area contributed by atoms with Crippen molar-refractivity contribution in [1.29, 1.82) is 0 Å². The van der Waals surface area contributed by atoms with E-state index in [-0.39, 0.29) is 23.4 Å². The molecule has 32 heavy (non-hydrogen) atoms. The van der Waals surface area contributed by atoms with E-state index in [2.05, 4.69) is 11.6 Å². The lowest BCUT2D eigenvalue weighted by Gasteiger charge is -2.29. The maximum absolute atomic E-state index is 14.3. The number of aliphatic imine (C=N–C) groups is 1. The number of nitrogens with zero attached hydrogens (tertiary/aromatic N) is 2. The molecule has 8 heteroatoms. The molecule has 0 aromatic heterocycles. The summed E-state index contributed by atoms with van der Waals surface area (Å²) < 4.78 is 42.8. The maximum Gasteiger partial charge on any atom is 0.442 e. The van der Waals surface area contributed by atoms with Crippen LogP contribution < -0.4 is 5.32 Å². The number of carbonyl (C=O) groups excluding carboxylic acids is 2. The van der Waals surface area contributed by atoms with Crippen LogP contribution in [0.15, 0.2) is 72.2 Å². The second-order valence-corrected chi connectivity index (χ2v) is 8.50. The number of benzene rings is 2. The van der Waals surface area contributed by atoms with E-state index in [0.717, 1.165) is 10.5 Å². The third kappa shape index (κ3) is 4.17. The Morgan fingerprint density at radius 3 is 2.19 bits per heavy atom. The first-order valence-electron chi connectivity index (χ1n) is 9.98. The second kappa shape index (κ2) is 8.26. The Morgan fingerprint density at radius 2 is 1.69 bits per heavy atom. The number of hydrogen-bond acceptors (Lipinski definition) is 3. The van der Waals surface area contributed by atoms with Crippen LogP contribution in [-0.4, -0.2) is 40.9 Å². The zero-order chi connectivity index (χ0) is 23.7. The fourth-order valence-corrected chi connectivity index (χ4v) is 3.36. The van der Waals surface area contributed by atoms with E-state index < -0.39 is 23.7 Å². The summed E-state index contributed by atoms with van der Waals surface area (Å²) in [5.41, 5.74) is -2.39. The van der Waals surface area contributed by atoms with Gasteiger partial charge in [0.05, 0.1) is 0 Å². The lowest BCUT2D eigenvalue weighted by atomic mass is 9.86. The van der Waals surface area contributed by atoms with Crippen molar-refractivity contribution in [1.82, 2.24) is 10.2 Å². The van der Waals surface area contributed by atoms with Crippen LogP contribution in [0.25, 0.3) is 0 Å². The molecule has 1 aliphatic rings. The Bertz CT molecular complexity index is 1050. The van der Waals surface area contributed by atoms with Crippen LogP contribution in [0.1, 0.15) is 42.3 Å². The number of hydrogen-bond donors (Lipinski definition) is 1. The molecule has 0 saturated carbocycles. The lowest BCUT2D eigenvalue weighted by Crippen LogP contribution is -2.63. The molecule has 0 aliphatic carbocycles. The molecule has 2 aromatic carbocycles. The molecule has 2 aromatic rings. The molecule has 0 spiro atoms. The van der Waals surface area contributed by atoms with E-state index in [0.29, 0.717) is 5.56 Å². The van der Waals surface area contributed by atoms with Gasteiger partial charge < -0.3 is 5.32 Å². The minimum atomic E-state index is -5.17. The van der Waals surface area contributed by atoms with Gasteiger partial charge in [0.15, 0.2) is 0 Å². The Balaban J connectivity index is 2.04.